The summed E-state index contributed by atoms with van der Waals surface area (Å²) in [4.78, 5) is 24.0. The molecule has 0 bridgehead atoms. The molecule has 2 aromatic rings. The van der Waals surface area contributed by atoms with E-state index in [4.69, 9.17) is 4.42 Å². The summed E-state index contributed by atoms with van der Waals surface area (Å²) < 4.78 is 5.11. The zero-order valence-corrected chi connectivity index (χ0v) is 12.5. The Balaban J connectivity index is 2.09. The van der Waals surface area contributed by atoms with Crippen LogP contribution in [0.4, 0.5) is 5.69 Å². The summed E-state index contributed by atoms with van der Waals surface area (Å²) in [6.45, 7) is 3.76. The molecular formula is C17H18N2O3. The predicted molar refractivity (Wildman–Crippen MR) is 85.4 cm³/mol. The lowest BCUT2D eigenvalue weighted by Crippen LogP contribution is -2.30. The van der Waals surface area contributed by atoms with Gasteiger partial charge in [0.1, 0.15) is 5.76 Å². The van der Waals surface area contributed by atoms with Crippen LogP contribution in [0.2, 0.25) is 0 Å². The van der Waals surface area contributed by atoms with Crippen LogP contribution in [0.15, 0.2) is 53.2 Å². The van der Waals surface area contributed by atoms with Crippen LogP contribution in [-0.4, -0.2) is 17.9 Å². The number of carbonyl (C=O) groups is 2. The lowest BCUT2D eigenvalue weighted by atomic mass is 10.1. The third-order valence-electron chi connectivity index (χ3n) is 2.79. The summed E-state index contributed by atoms with van der Waals surface area (Å²) in [5, 5.41) is 5.50. The molecule has 0 saturated heterocycles. The molecule has 0 atom stereocenters. The number of carbonyl (C=O) groups excluding carboxylic acids is 2. The summed E-state index contributed by atoms with van der Waals surface area (Å²) in [7, 11) is 0. The molecule has 0 unspecified atom stereocenters. The van der Waals surface area contributed by atoms with Crippen LogP contribution in [0.1, 0.15) is 30.0 Å². The second kappa shape index (κ2) is 7.26. The number of amides is 2. The van der Waals surface area contributed by atoms with Gasteiger partial charge in [-0.3, -0.25) is 9.59 Å². The third kappa shape index (κ3) is 4.34. The molecule has 0 spiro atoms. The largest absolute Gasteiger partial charge is 0.465 e. The Hall–Kier alpha value is -2.82. The van der Waals surface area contributed by atoms with Gasteiger partial charge in [0.05, 0.1) is 17.5 Å². The van der Waals surface area contributed by atoms with Crippen molar-refractivity contribution in [2.45, 2.75) is 19.9 Å². The van der Waals surface area contributed by atoms with E-state index < -0.39 is 0 Å². The van der Waals surface area contributed by atoms with Gasteiger partial charge in [-0.2, -0.15) is 0 Å². The molecule has 5 nitrogen and oxygen atoms in total. The Morgan fingerprint density at radius 2 is 1.91 bits per heavy atom. The molecule has 5 heteroatoms. The average Bonchev–Trinajstić information content (AvgIpc) is 2.98. The molecule has 2 N–H and O–H groups in total. The smallest absolute Gasteiger partial charge is 0.253 e. The molecule has 0 aliphatic heterocycles. The summed E-state index contributed by atoms with van der Waals surface area (Å²) >= 11 is 0. The Morgan fingerprint density at radius 3 is 2.59 bits per heavy atom. The number of benzene rings is 1. The molecule has 1 heterocycles. The number of para-hydroxylation sites is 1. The van der Waals surface area contributed by atoms with Gasteiger partial charge in [-0.05, 0) is 44.2 Å². The van der Waals surface area contributed by atoms with Gasteiger partial charge in [-0.25, -0.2) is 0 Å². The van der Waals surface area contributed by atoms with Gasteiger partial charge < -0.3 is 15.1 Å². The Labute approximate surface area is 129 Å². The first-order valence-electron chi connectivity index (χ1n) is 6.98. The summed E-state index contributed by atoms with van der Waals surface area (Å²) in [6, 6.07) is 10.4. The van der Waals surface area contributed by atoms with E-state index in [1.165, 1.54) is 12.3 Å². The van der Waals surface area contributed by atoms with E-state index in [1.807, 2.05) is 13.8 Å². The first kappa shape index (κ1) is 15.6. The number of anilines is 1. The maximum atomic E-state index is 12.1. The van der Waals surface area contributed by atoms with Gasteiger partial charge in [-0.1, -0.05) is 12.1 Å². The Kier molecular flexibility index (Phi) is 5.14. The van der Waals surface area contributed by atoms with Crippen molar-refractivity contribution >= 4 is 23.6 Å². The van der Waals surface area contributed by atoms with Crippen molar-refractivity contribution in [2.24, 2.45) is 0 Å². The van der Waals surface area contributed by atoms with Crippen molar-refractivity contribution in [1.82, 2.24) is 5.32 Å². The highest BCUT2D eigenvalue weighted by Gasteiger charge is 2.12. The van der Waals surface area contributed by atoms with Crippen molar-refractivity contribution in [3.63, 3.8) is 0 Å². The first-order chi connectivity index (χ1) is 10.6. The van der Waals surface area contributed by atoms with Gasteiger partial charge in [0, 0.05) is 12.1 Å². The molecule has 0 aliphatic rings. The maximum absolute atomic E-state index is 12.1. The second-order valence-electron chi connectivity index (χ2n) is 5.01. The van der Waals surface area contributed by atoms with Crippen LogP contribution >= 0.6 is 0 Å². The molecule has 0 saturated carbocycles. The first-order valence-corrected chi connectivity index (χ1v) is 6.98. The normalized spacial score (nSPS) is 10.9. The monoisotopic (exact) mass is 298 g/mol. The van der Waals surface area contributed by atoms with E-state index >= 15 is 0 Å². The summed E-state index contributed by atoms with van der Waals surface area (Å²) in [6.07, 6.45) is 4.45. The zero-order valence-electron chi connectivity index (χ0n) is 12.5. The number of hydrogen-bond acceptors (Lipinski definition) is 3. The van der Waals surface area contributed by atoms with Crippen LogP contribution < -0.4 is 10.6 Å². The minimum absolute atomic E-state index is 0.0232. The predicted octanol–water partition coefficient (Wildman–Crippen LogP) is 3.07. The van der Waals surface area contributed by atoms with Gasteiger partial charge >= 0.3 is 0 Å². The topological polar surface area (TPSA) is 71.3 Å². The zero-order chi connectivity index (χ0) is 15.9. The molecule has 0 radical (unpaired) electrons. The van der Waals surface area contributed by atoms with Crippen molar-refractivity contribution in [1.29, 1.82) is 0 Å². The molecule has 2 amide bonds. The van der Waals surface area contributed by atoms with Crippen LogP contribution in [-0.2, 0) is 4.79 Å². The SMILES string of the molecule is CC(C)NC(=O)c1ccccc1NC(=O)/C=C/c1ccco1. The molecule has 1 aromatic heterocycles. The van der Waals surface area contributed by atoms with Crippen molar-refractivity contribution < 1.29 is 14.0 Å². The number of nitrogens with one attached hydrogen (secondary N) is 2. The second-order valence-corrected chi connectivity index (χ2v) is 5.01. The highest BCUT2D eigenvalue weighted by atomic mass is 16.3. The van der Waals surface area contributed by atoms with Crippen molar-refractivity contribution in [2.75, 3.05) is 5.32 Å². The van der Waals surface area contributed by atoms with Crippen LogP contribution in [0.25, 0.3) is 6.08 Å². The maximum Gasteiger partial charge on any atom is 0.253 e. The molecule has 0 aliphatic carbocycles. The average molecular weight is 298 g/mol. The van der Waals surface area contributed by atoms with Crippen molar-refractivity contribution in [3.8, 4) is 0 Å². The van der Waals surface area contributed by atoms with E-state index in [0.29, 0.717) is 17.0 Å². The summed E-state index contributed by atoms with van der Waals surface area (Å²) in [5.74, 6) is 0.0306. The van der Waals surface area contributed by atoms with Gasteiger partial charge in [0.25, 0.3) is 5.91 Å². The summed E-state index contributed by atoms with van der Waals surface area (Å²) in [5.41, 5.74) is 0.894. The number of rotatable bonds is 5. The van der Waals surface area contributed by atoms with Crippen LogP contribution in [0.3, 0.4) is 0 Å². The molecule has 22 heavy (non-hydrogen) atoms. The van der Waals surface area contributed by atoms with E-state index in [0.717, 1.165) is 0 Å². The van der Waals surface area contributed by atoms with Crippen LogP contribution in [0, 0.1) is 0 Å². The molecular weight excluding hydrogens is 280 g/mol. The quantitative estimate of drug-likeness (QED) is 0.833. The van der Waals surface area contributed by atoms with E-state index in [2.05, 4.69) is 10.6 Å². The Bertz CT molecular complexity index is 673. The van der Waals surface area contributed by atoms with E-state index in [-0.39, 0.29) is 17.9 Å². The minimum atomic E-state index is -0.332. The minimum Gasteiger partial charge on any atom is -0.465 e. The molecule has 1 aromatic carbocycles. The fraction of sp³-hybridized carbons (Fsp3) is 0.176. The fourth-order valence-electron chi connectivity index (χ4n) is 1.85. The van der Waals surface area contributed by atoms with Crippen molar-refractivity contribution in [3.05, 3.63) is 60.1 Å². The number of furan rings is 1. The molecule has 2 rings (SSSR count). The van der Waals surface area contributed by atoms with E-state index in [9.17, 15) is 9.59 Å². The van der Waals surface area contributed by atoms with Gasteiger partial charge in [-0.15, -0.1) is 0 Å². The lowest BCUT2D eigenvalue weighted by molar-refractivity contribution is -0.111. The molecule has 114 valence electrons. The fourth-order valence-corrected chi connectivity index (χ4v) is 1.85. The van der Waals surface area contributed by atoms with Gasteiger partial charge in [0.2, 0.25) is 5.91 Å². The molecule has 0 fully saturated rings. The van der Waals surface area contributed by atoms with Crippen LogP contribution in [0.5, 0.6) is 0 Å². The lowest BCUT2D eigenvalue weighted by Gasteiger charge is -2.12. The van der Waals surface area contributed by atoms with E-state index in [1.54, 1.807) is 42.5 Å². The number of hydrogen-bond donors (Lipinski definition) is 2. The highest BCUT2D eigenvalue weighted by Crippen LogP contribution is 2.15. The Morgan fingerprint density at radius 1 is 1.14 bits per heavy atom. The standard InChI is InChI=1S/C17H18N2O3/c1-12(2)18-17(21)14-7-3-4-8-15(14)19-16(20)10-9-13-6-5-11-22-13/h3-12H,1-2H3,(H,18,21)(H,19,20)/b10-9+. The van der Waals surface area contributed by atoms with Gasteiger partial charge in [0.15, 0.2) is 0 Å². The third-order valence-corrected chi connectivity index (χ3v) is 2.79. The highest BCUT2D eigenvalue weighted by molar-refractivity contribution is 6.07.